The Kier molecular flexibility index (Phi) is 3.38. The van der Waals surface area contributed by atoms with Crippen molar-refractivity contribution in [1.82, 2.24) is 24.8 Å². The number of para-hydroxylation sites is 1. The zero-order valence-corrected chi connectivity index (χ0v) is 12.5. The van der Waals surface area contributed by atoms with E-state index in [1.807, 2.05) is 30.3 Å². The van der Waals surface area contributed by atoms with Gasteiger partial charge in [0.15, 0.2) is 5.65 Å². The van der Waals surface area contributed by atoms with Crippen LogP contribution in [0.1, 0.15) is 5.56 Å². The van der Waals surface area contributed by atoms with Gasteiger partial charge in [-0.3, -0.25) is 4.79 Å². The molecule has 2 heterocycles. The Morgan fingerprint density at radius 1 is 1.00 bits per heavy atom. The molecule has 0 radical (unpaired) electrons. The summed E-state index contributed by atoms with van der Waals surface area (Å²) < 4.78 is 15.8. The highest BCUT2D eigenvalue weighted by Gasteiger charge is 2.12. The highest BCUT2D eigenvalue weighted by Crippen LogP contribution is 2.12. The van der Waals surface area contributed by atoms with Crippen LogP contribution < -0.4 is 5.56 Å². The Labute approximate surface area is 135 Å². The number of nitrogens with zero attached hydrogens (tertiary/aromatic N) is 5. The van der Waals surface area contributed by atoms with Gasteiger partial charge in [0.25, 0.3) is 5.56 Å². The lowest BCUT2D eigenvalue weighted by Gasteiger charge is -2.05. The summed E-state index contributed by atoms with van der Waals surface area (Å²) in [4.78, 5) is 12.6. The zero-order chi connectivity index (χ0) is 16.5. The fourth-order valence-corrected chi connectivity index (χ4v) is 2.49. The Balaban J connectivity index is 1.77. The molecule has 0 saturated carbocycles. The number of fused-ring (bicyclic) bond motifs is 1. The van der Waals surface area contributed by atoms with Crippen molar-refractivity contribution in [2.45, 2.75) is 6.54 Å². The van der Waals surface area contributed by atoms with Crippen LogP contribution in [0, 0.1) is 5.82 Å². The first kappa shape index (κ1) is 14.3. The summed E-state index contributed by atoms with van der Waals surface area (Å²) in [6, 6.07) is 15.3. The van der Waals surface area contributed by atoms with Gasteiger partial charge in [0, 0.05) is 0 Å². The first-order valence-electron chi connectivity index (χ1n) is 7.34. The van der Waals surface area contributed by atoms with E-state index in [-0.39, 0.29) is 17.9 Å². The zero-order valence-electron chi connectivity index (χ0n) is 12.5. The van der Waals surface area contributed by atoms with Gasteiger partial charge in [-0.15, -0.1) is 5.10 Å². The van der Waals surface area contributed by atoms with E-state index < -0.39 is 0 Å². The summed E-state index contributed by atoms with van der Waals surface area (Å²) in [5, 5.41) is 12.7. The molecular formula is C17H12FN5O. The van der Waals surface area contributed by atoms with Crippen LogP contribution >= 0.6 is 0 Å². The average Bonchev–Trinajstić information content (AvgIpc) is 3.05. The Morgan fingerprint density at radius 3 is 2.50 bits per heavy atom. The van der Waals surface area contributed by atoms with Crippen molar-refractivity contribution in [1.29, 1.82) is 0 Å². The number of benzene rings is 2. The van der Waals surface area contributed by atoms with Crippen LogP contribution in [-0.4, -0.2) is 24.8 Å². The predicted octanol–water partition coefficient (Wildman–Crippen LogP) is 2.16. The fraction of sp³-hybridized carbons (Fsp3) is 0.0588. The number of hydrogen-bond donors (Lipinski definition) is 0. The molecule has 4 rings (SSSR count). The Morgan fingerprint density at radius 2 is 1.75 bits per heavy atom. The molecule has 0 aliphatic heterocycles. The van der Waals surface area contributed by atoms with E-state index in [1.54, 1.807) is 16.8 Å². The lowest BCUT2D eigenvalue weighted by Crippen LogP contribution is -2.24. The second-order valence-corrected chi connectivity index (χ2v) is 5.31. The molecule has 7 heteroatoms. The van der Waals surface area contributed by atoms with Crippen molar-refractivity contribution in [3.05, 3.63) is 82.5 Å². The van der Waals surface area contributed by atoms with Gasteiger partial charge in [0.2, 0.25) is 0 Å². The topological polar surface area (TPSA) is 65.6 Å². The minimum atomic E-state index is -0.322. The number of aromatic nitrogens is 5. The van der Waals surface area contributed by atoms with E-state index in [2.05, 4.69) is 15.4 Å². The van der Waals surface area contributed by atoms with Crippen molar-refractivity contribution in [2.75, 3.05) is 0 Å². The minimum absolute atomic E-state index is 0.221. The highest BCUT2D eigenvalue weighted by atomic mass is 19.1. The molecule has 118 valence electrons. The van der Waals surface area contributed by atoms with Crippen LogP contribution in [0.15, 0.2) is 65.6 Å². The molecule has 6 nitrogen and oxygen atoms in total. The summed E-state index contributed by atoms with van der Waals surface area (Å²) >= 11 is 0. The van der Waals surface area contributed by atoms with E-state index in [0.717, 1.165) is 11.3 Å². The van der Waals surface area contributed by atoms with Crippen LogP contribution in [0.25, 0.3) is 16.7 Å². The second-order valence-electron chi connectivity index (χ2n) is 5.31. The third-order valence-corrected chi connectivity index (χ3v) is 3.70. The van der Waals surface area contributed by atoms with Gasteiger partial charge in [-0.2, -0.15) is 5.10 Å². The molecule has 0 N–H and O–H groups in total. The minimum Gasteiger partial charge on any atom is -0.267 e. The fourth-order valence-electron chi connectivity index (χ4n) is 2.49. The summed E-state index contributed by atoms with van der Waals surface area (Å²) in [7, 11) is 0. The van der Waals surface area contributed by atoms with E-state index in [1.165, 1.54) is 23.0 Å². The van der Waals surface area contributed by atoms with Crippen molar-refractivity contribution in [3.63, 3.8) is 0 Å². The summed E-state index contributed by atoms with van der Waals surface area (Å²) in [6.45, 7) is 0.221. The molecule has 24 heavy (non-hydrogen) atoms. The average molecular weight is 321 g/mol. The quantitative estimate of drug-likeness (QED) is 0.580. The third-order valence-electron chi connectivity index (χ3n) is 3.70. The normalized spacial score (nSPS) is 11.0. The first-order valence-corrected chi connectivity index (χ1v) is 7.34. The molecule has 2 aromatic carbocycles. The maximum Gasteiger partial charge on any atom is 0.281 e. The van der Waals surface area contributed by atoms with Crippen LogP contribution in [0.5, 0.6) is 0 Å². The molecule has 0 atom stereocenters. The van der Waals surface area contributed by atoms with Crippen molar-refractivity contribution < 1.29 is 4.39 Å². The highest BCUT2D eigenvalue weighted by molar-refractivity contribution is 5.74. The number of rotatable bonds is 3. The van der Waals surface area contributed by atoms with Gasteiger partial charge in [0.05, 0.1) is 18.4 Å². The number of hydrogen-bond acceptors (Lipinski definition) is 4. The molecule has 4 aromatic rings. The molecule has 0 unspecified atom stereocenters. The lowest BCUT2D eigenvalue weighted by molar-refractivity contribution is 0.593. The van der Waals surface area contributed by atoms with Crippen molar-refractivity contribution >= 4 is 11.0 Å². The SMILES string of the molecule is O=c1c2cnn(-c3ccccc3)c2nnn1Cc1ccc(F)cc1. The van der Waals surface area contributed by atoms with Crippen molar-refractivity contribution in [3.8, 4) is 5.69 Å². The molecule has 0 aliphatic carbocycles. The standard InChI is InChI=1S/C17H12FN5O/c18-13-8-6-12(7-9-13)11-22-17(24)15-10-19-23(16(15)20-21-22)14-4-2-1-3-5-14/h1-10H,11H2. The van der Waals surface area contributed by atoms with Gasteiger partial charge in [-0.05, 0) is 29.8 Å². The lowest BCUT2D eigenvalue weighted by atomic mass is 10.2. The predicted molar refractivity (Wildman–Crippen MR) is 86.4 cm³/mol. The third kappa shape index (κ3) is 2.45. The molecule has 0 bridgehead atoms. The molecule has 0 saturated heterocycles. The first-order chi connectivity index (χ1) is 11.7. The van der Waals surface area contributed by atoms with E-state index in [0.29, 0.717) is 11.0 Å². The maximum absolute atomic E-state index is 13.0. The van der Waals surface area contributed by atoms with E-state index in [4.69, 9.17) is 0 Å². The Hall–Kier alpha value is -3.35. The summed E-state index contributed by atoms with van der Waals surface area (Å²) in [6.07, 6.45) is 1.49. The largest absolute Gasteiger partial charge is 0.281 e. The maximum atomic E-state index is 13.0. The molecular weight excluding hydrogens is 309 g/mol. The van der Waals surface area contributed by atoms with Crippen LogP contribution in [-0.2, 0) is 6.54 Å². The number of halogens is 1. The van der Waals surface area contributed by atoms with Crippen LogP contribution in [0.4, 0.5) is 4.39 Å². The van der Waals surface area contributed by atoms with Gasteiger partial charge in [0.1, 0.15) is 11.2 Å². The molecule has 0 spiro atoms. The van der Waals surface area contributed by atoms with E-state index >= 15 is 0 Å². The molecule has 0 amide bonds. The van der Waals surface area contributed by atoms with E-state index in [9.17, 15) is 9.18 Å². The van der Waals surface area contributed by atoms with Gasteiger partial charge < -0.3 is 0 Å². The second kappa shape index (κ2) is 5.69. The van der Waals surface area contributed by atoms with Gasteiger partial charge in [-0.25, -0.2) is 13.8 Å². The monoisotopic (exact) mass is 321 g/mol. The van der Waals surface area contributed by atoms with Crippen LogP contribution in [0.3, 0.4) is 0 Å². The molecule has 0 fully saturated rings. The molecule has 2 aromatic heterocycles. The van der Waals surface area contributed by atoms with Gasteiger partial charge in [-0.1, -0.05) is 35.5 Å². The summed E-state index contributed by atoms with van der Waals surface area (Å²) in [5.74, 6) is -0.322. The van der Waals surface area contributed by atoms with Crippen molar-refractivity contribution in [2.24, 2.45) is 0 Å². The summed E-state index contributed by atoms with van der Waals surface area (Å²) in [5.41, 5.74) is 1.69. The smallest absolute Gasteiger partial charge is 0.267 e. The van der Waals surface area contributed by atoms with Crippen LogP contribution in [0.2, 0.25) is 0 Å². The van der Waals surface area contributed by atoms with Gasteiger partial charge >= 0.3 is 0 Å². The Bertz CT molecular complexity index is 1050. The molecule has 0 aliphatic rings.